The van der Waals surface area contributed by atoms with Crippen LogP contribution < -0.4 is 5.73 Å². The van der Waals surface area contributed by atoms with Gasteiger partial charge in [-0.15, -0.1) is 0 Å². The molecule has 0 radical (unpaired) electrons. The summed E-state index contributed by atoms with van der Waals surface area (Å²) in [5.74, 6) is -0.232. The Kier molecular flexibility index (Phi) is 4.72. The Morgan fingerprint density at radius 2 is 1.87 bits per heavy atom. The van der Waals surface area contributed by atoms with E-state index in [1.54, 1.807) is 12.1 Å². The molecule has 1 aromatic rings. The zero-order valence-electron chi connectivity index (χ0n) is 9.24. The lowest BCUT2D eigenvalue weighted by atomic mass is 10.1. The average Bonchev–Trinajstić information content (AvgIpc) is 2.18. The predicted molar refractivity (Wildman–Crippen MR) is 59.0 cm³/mol. The van der Waals surface area contributed by atoms with Crippen LogP contribution in [0.25, 0.3) is 0 Å². The maximum absolute atomic E-state index is 12.6. The molecule has 0 amide bonds. The van der Waals surface area contributed by atoms with Crippen LogP contribution in [0.15, 0.2) is 24.3 Å². The second-order valence-corrected chi connectivity index (χ2v) is 3.87. The highest BCUT2D eigenvalue weighted by atomic mass is 19.1. The molecular formula is C12H18FNO. The highest BCUT2D eigenvalue weighted by Crippen LogP contribution is 2.14. The Morgan fingerprint density at radius 3 is 2.40 bits per heavy atom. The van der Waals surface area contributed by atoms with E-state index in [-0.39, 0.29) is 18.0 Å². The zero-order valence-corrected chi connectivity index (χ0v) is 9.24. The van der Waals surface area contributed by atoms with Crippen LogP contribution in [-0.2, 0) is 4.74 Å². The molecule has 84 valence electrons. The van der Waals surface area contributed by atoms with E-state index >= 15 is 0 Å². The summed E-state index contributed by atoms with van der Waals surface area (Å²) in [6.07, 6.45) is 0.981. The summed E-state index contributed by atoms with van der Waals surface area (Å²) in [7, 11) is 0. The second-order valence-electron chi connectivity index (χ2n) is 3.87. The van der Waals surface area contributed by atoms with E-state index in [4.69, 9.17) is 10.5 Å². The van der Waals surface area contributed by atoms with Crippen LogP contribution in [-0.4, -0.2) is 12.7 Å². The molecule has 3 heteroatoms. The van der Waals surface area contributed by atoms with Gasteiger partial charge in [-0.2, -0.15) is 0 Å². The van der Waals surface area contributed by atoms with Crippen molar-refractivity contribution in [1.29, 1.82) is 0 Å². The van der Waals surface area contributed by atoms with Crippen molar-refractivity contribution in [2.24, 2.45) is 5.73 Å². The summed E-state index contributed by atoms with van der Waals surface area (Å²) < 4.78 is 18.0. The van der Waals surface area contributed by atoms with Gasteiger partial charge in [0.25, 0.3) is 0 Å². The third-order valence-electron chi connectivity index (χ3n) is 2.18. The first kappa shape index (κ1) is 12.1. The van der Waals surface area contributed by atoms with Gasteiger partial charge in [-0.3, -0.25) is 0 Å². The van der Waals surface area contributed by atoms with Crippen molar-refractivity contribution in [2.45, 2.75) is 32.4 Å². The van der Waals surface area contributed by atoms with E-state index in [0.29, 0.717) is 6.61 Å². The molecule has 0 saturated carbocycles. The highest BCUT2D eigenvalue weighted by Gasteiger charge is 2.06. The van der Waals surface area contributed by atoms with Crippen LogP contribution in [0, 0.1) is 5.82 Å². The molecule has 0 fully saturated rings. The van der Waals surface area contributed by atoms with Crippen molar-refractivity contribution in [3.8, 4) is 0 Å². The summed E-state index contributed by atoms with van der Waals surface area (Å²) >= 11 is 0. The minimum absolute atomic E-state index is 0.0793. The molecule has 0 bridgehead atoms. The second kappa shape index (κ2) is 5.83. The van der Waals surface area contributed by atoms with E-state index in [1.807, 2.05) is 13.8 Å². The lowest BCUT2D eigenvalue weighted by Gasteiger charge is -2.13. The predicted octanol–water partition coefficient (Wildman–Crippen LogP) is 2.64. The fraction of sp³-hybridized carbons (Fsp3) is 0.500. The number of hydrogen-bond donors (Lipinski definition) is 1. The van der Waals surface area contributed by atoms with Gasteiger partial charge in [-0.1, -0.05) is 12.1 Å². The van der Waals surface area contributed by atoms with Gasteiger partial charge in [0.1, 0.15) is 5.82 Å². The van der Waals surface area contributed by atoms with Gasteiger partial charge >= 0.3 is 0 Å². The fourth-order valence-corrected chi connectivity index (χ4v) is 1.31. The van der Waals surface area contributed by atoms with Crippen molar-refractivity contribution < 1.29 is 9.13 Å². The topological polar surface area (TPSA) is 35.2 Å². The molecule has 0 spiro atoms. The normalized spacial score (nSPS) is 13.1. The van der Waals surface area contributed by atoms with Crippen LogP contribution in [0.5, 0.6) is 0 Å². The van der Waals surface area contributed by atoms with Crippen molar-refractivity contribution in [1.82, 2.24) is 0 Å². The third kappa shape index (κ3) is 4.40. The number of halogens is 1. The van der Waals surface area contributed by atoms with E-state index in [1.165, 1.54) is 12.1 Å². The Bertz CT molecular complexity index is 284. The summed E-state index contributed by atoms with van der Waals surface area (Å²) in [6.45, 7) is 4.61. The quantitative estimate of drug-likeness (QED) is 0.812. The number of benzene rings is 1. The third-order valence-corrected chi connectivity index (χ3v) is 2.18. The largest absolute Gasteiger partial charge is 0.379 e. The molecule has 0 aliphatic carbocycles. The molecule has 2 nitrogen and oxygen atoms in total. The highest BCUT2D eigenvalue weighted by molar-refractivity contribution is 5.19. The number of ether oxygens (including phenoxy) is 1. The molecule has 1 aromatic carbocycles. The first-order valence-electron chi connectivity index (χ1n) is 5.22. The van der Waals surface area contributed by atoms with Gasteiger partial charge in [-0.05, 0) is 38.0 Å². The Balaban J connectivity index is 2.40. The molecule has 1 rings (SSSR count). The first-order chi connectivity index (χ1) is 7.09. The zero-order chi connectivity index (χ0) is 11.3. The van der Waals surface area contributed by atoms with Gasteiger partial charge in [-0.25, -0.2) is 4.39 Å². The van der Waals surface area contributed by atoms with Gasteiger partial charge in [0, 0.05) is 12.6 Å². The monoisotopic (exact) mass is 211 g/mol. The molecule has 0 heterocycles. The van der Waals surface area contributed by atoms with Crippen molar-refractivity contribution in [3.63, 3.8) is 0 Å². The molecule has 0 aromatic heterocycles. The summed E-state index contributed by atoms with van der Waals surface area (Å²) in [6, 6.07) is 6.21. The maximum Gasteiger partial charge on any atom is 0.123 e. The van der Waals surface area contributed by atoms with Gasteiger partial charge in [0.2, 0.25) is 0 Å². The Morgan fingerprint density at radius 1 is 1.27 bits per heavy atom. The lowest BCUT2D eigenvalue weighted by molar-refractivity contribution is 0.0736. The average molecular weight is 211 g/mol. The molecule has 2 N–H and O–H groups in total. The number of nitrogens with two attached hydrogens (primary N) is 1. The van der Waals surface area contributed by atoms with Crippen LogP contribution in [0.3, 0.4) is 0 Å². The van der Waals surface area contributed by atoms with Crippen molar-refractivity contribution in [3.05, 3.63) is 35.6 Å². The lowest BCUT2D eigenvalue weighted by Crippen LogP contribution is -2.14. The van der Waals surface area contributed by atoms with Crippen LogP contribution >= 0.6 is 0 Å². The summed E-state index contributed by atoms with van der Waals surface area (Å²) in [5.41, 5.74) is 6.88. The molecule has 1 atom stereocenters. The van der Waals surface area contributed by atoms with Crippen LogP contribution in [0.2, 0.25) is 0 Å². The summed E-state index contributed by atoms with van der Waals surface area (Å²) in [4.78, 5) is 0. The molecule has 15 heavy (non-hydrogen) atoms. The summed E-state index contributed by atoms with van der Waals surface area (Å²) in [5, 5.41) is 0. The molecule has 0 aliphatic rings. The van der Waals surface area contributed by atoms with E-state index in [2.05, 4.69) is 0 Å². The van der Waals surface area contributed by atoms with Crippen molar-refractivity contribution >= 4 is 0 Å². The molecular weight excluding hydrogens is 193 g/mol. The molecule has 1 unspecified atom stereocenters. The van der Waals surface area contributed by atoms with E-state index < -0.39 is 0 Å². The fourth-order valence-electron chi connectivity index (χ4n) is 1.31. The smallest absolute Gasteiger partial charge is 0.123 e. The van der Waals surface area contributed by atoms with E-state index in [9.17, 15) is 4.39 Å². The van der Waals surface area contributed by atoms with Gasteiger partial charge < -0.3 is 10.5 Å². The van der Waals surface area contributed by atoms with Crippen molar-refractivity contribution in [2.75, 3.05) is 6.61 Å². The standard InChI is InChI=1S/C12H18FNO/c1-9(2)15-8-7-12(14)10-3-5-11(13)6-4-10/h3-6,9,12H,7-8,14H2,1-2H3. The number of hydrogen-bond acceptors (Lipinski definition) is 2. The molecule has 0 saturated heterocycles. The minimum Gasteiger partial charge on any atom is -0.379 e. The van der Waals surface area contributed by atoms with Gasteiger partial charge in [0.15, 0.2) is 0 Å². The Hall–Kier alpha value is -0.930. The Labute approximate surface area is 90.2 Å². The SMILES string of the molecule is CC(C)OCCC(N)c1ccc(F)cc1. The first-order valence-corrected chi connectivity index (χ1v) is 5.22. The van der Waals surface area contributed by atoms with Crippen LogP contribution in [0.1, 0.15) is 31.9 Å². The minimum atomic E-state index is -0.232. The maximum atomic E-state index is 12.6. The number of rotatable bonds is 5. The molecule has 0 aliphatic heterocycles. The van der Waals surface area contributed by atoms with E-state index in [0.717, 1.165) is 12.0 Å². The van der Waals surface area contributed by atoms with Crippen LogP contribution in [0.4, 0.5) is 4.39 Å². The van der Waals surface area contributed by atoms with Gasteiger partial charge in [0.05, 0.1) is 6.10 Å².